The molecule has 0 aromatic heterocycles. The summed E-state index contributed by atoms with van der Waals surface area (Å²) >= 11 is 0. The third kappa shape index (κ3) is 3.21. The van der Waals surface area contributed by atoms with Crippen molar-refractivity contribution in [3.05, 3.63) is 0 Å². The fourth-order valence-electron chi connectivity index (χ4n) is 3.28. The van der Waals surface area contributed by atoms with E-state index in [0.29, 0.717) is 44.8 Å². The van der Waals surface area contributed by atoms with Crippen molar-refractivity contribution in [2.24, 2.45) is 17.1 Å². The topological polar surface area (TPSA) is 102 Å². The summed E-state index contributed by atoms with van der Waals surface area (Å²) in [6, 6.07) is 0. The Hall–Kier alpha value is -1.14. The van der Waals surface area contributed by atoms with Crippen LogP contribution in [0.5, 0.6) is 0 Å². The van der Waals surface area contributed by atoms with Crippen LogP contribution in [0.25, 0.3) is 0 Å². The molecule has 2 aliphatic rings. The number of nitrogens with one attached hydrogen (secondary N) is 1. The Morgan fingerprint density at radius 1 is 1.24 bits per heavy atom. The zero-order valence-corrected chi connectivity index (χ0v) is 12.7. The van der Waals surface area contributed by atoms with Crippen LogP contribution < -0.4 is 11.1 Å². The van der Waals surface area contributed by atoms with Gasteiger partial charge in [-0.1, -0.05) is 6.92 Å². The van der Waals surface area contributed by atoms with Crippen LogP contribution in [0.15, 0.2) is 0 Å². The van der Waals surface area contributed by atoms with Crippen LogP contribution in [0.4, 0.5) is 0 Å². The minimum absolute atomic E-state index is 0.217. The molecule has 0 unspecified atom stereocenters. The van der Waals surface area contributed by atoms with Gasteiger partial charge in [-0.05, 0) is 44.4 Å². The van der Waals surface area contributed by atoms with Gasteiger partial charge >= 0.3 is 5.97 Å². The van der Waals surface area contributed by atoms with Gasteiger partial charge in [0.25, 0.3) is 0 Å². The van der Waals surface area contributed by atoms with Gasteiger partial charge in [-0.3, -0.25) is 4.79 Å². The van der Waals surface area contributed by atoms with Gasteiger partial charge in [0.2, 0.25) is 5.91 Å². The average molecular weight is 298 g/mol. The second-order valence-corrected chi connectivity index (χ2v) is 6.62. The molecule has 0 aromatic carbocycles. The van der Waals surface area contributed by atoms with Crippen molar-refractivity contribution in [3.8, 4) is 0 Å². The molecule has 0 aromatic rings. The molecule has 2 rings (SSSR count). The molecule has 120 valence electrons. The lowest BCUT2D eigenvalue weighted by Crippen LogP contribution is -2.61. The average Bonchev–Trinajstić information content (AvgIpc) is 2.50. The molecule has 4 N–H and O–H groups in total. The van der Waals surface area contributed by atoms with E-state index in [1.165, 1.54) is 0 Å². The lowest BCUT2D eigenvalue weighted by molar-refractivity contribution is -0.153. The summed E-state index contributed by atoms with van der Waals surface area (Å²) in [4.78, 5) is 24.4. The predicted molar refractivity (Wildman–Crippen MR) is 77.7 cm³/mol. The highest BCUT2D eigenvalue weighted by Crippen LogP contribution is 2.35. The van der Waals surface area contributed by atoms with Crippen molar-refractivity contribution in [2.75, 3.05) is 19.8 Å². The first-order chi connectivity index (χ1) is 9.94. The molecular weight excluding hydrogens is 272 g/mol. The van der Waals surface area contributed by atoms with Crippen LogP contribution in [0.1, 0.15) is 45.4 Å². The molecular formula is C15H26N2O4. The van der Waals surface area contributed by atoms with Gasteiger partial charge in [0.1, 0.15) is 5.54 Å². The van der Waals surface area contributed by atoms with Gasteiger partial charge in [0.15, 0.2) is 0 Å². The Balaban J connectivity index is 2.12. The van der Waals surface area contributed by atoms with Gasteiger partial charge in [0.05, 0.1) is 5.41 Å². The first kappa shape index (κ1) is 16.2. The zero-order chi connectivity index (χ0) is 15.5. The maximum absolute atomic E-state index is 12.7. The molecule has 0 atom stereocenters. The van der Waals surface area contributed by atoms with Crippen molar-refractivity contribution >= 4 is 11.9 Å². The Morgan fingerprint density at radius 3 is 2.29 bits per heavy atom. The van der Waals surface area contributed by atoms with Crippen LogP contribution >= 0.6 is 0 Å². The standard InChI is InChI=1S/C15H26N2O4/c1-11-2-4-15(5-3-11,13(19)20)17-12(18)14(10-16)6-8-21-9-7-14/h11H,2-10,16H2,1H3,(H,17,18)(H,19,20). The molecule has 6 heteroatoms. The molecule has 1 aliphatic heterocycles. The fraction of sp³-hybridized carbons (Fsp3) is 0.867. The smallest absolute Gasteiger partial charge is 0.329 e. The summed E-state index contributed by atoms with van der Waals surface area (Å²) in [5.41, 5.74) is 4.02. The highest BCUT2D eigenvalue weighted by atomic mass is 16.5. The number of rotatable bonds is 4. The Kier molecular flexibility index (Phi) is 4.88. The maximum Gasteiger partial charge on any atom is 0.329 e. The summed E-state index contributed by atoms with van der Waals surface area (Å²) in [6.45, 7) is 3.35. The third-order valence-electron chi connectivity index (χ3n) is 5.21. The molecule has 0 spiro atoms. The third-order valence-corrected chi connectivity index (χ3v) is 5.21. The molecule has 1 heterocycles. The van der Waals surface area contributed by atoms with Crippen molar-refractivity contribution < 1.29 is 19.4 Å². The maximum atomic E-state index is 12.7. The number of carboxylic acids is 1. The molecule has 0 bridgehead atoms. The predicted octanol–water partition coefficient (Wildman–Crippen LogP) is 0.892. The van der Waals surface area contributed by atoms with Crippen LogP contribution in [0.2, 0.25) is 0 Å². The quantitative estimate of drug-likeness (QED) is 0.715. The van der Waals surface area contributed by atoms with Crippen molar-refractivity contribution in [2.45, 2.75) is 51.0 Å². The van der Waals surface area contributed by atoms with E-state index >= 15 is 0 Å². The molecule has 21 heavy (non-hydrogen) atoms. The van der Waals surface area contributed by atoms with Crippen molar-refractivity contribution in [1.82, 2.24) is 5.32 Å². The number of carbonyl (C=O) groups is 2. The lowest BCUT2D eigenvalue weighted by atomic mass is 9.74. The number of hydrogen-bond donors (Lipinski definition) is 3. The van der Waals surface area contributed by atoms with Crippen LogP contribution in [0, 0.1) is 11.3 Å². The molecule has 1 saturated carbocycles. The van der Waals surface area contributed by atoms with E-state index in [2.05, 4.69) is 12.2 Å². The summed E-state index contributed by atoms with van der Waals surface area (Å²) in [5, 5.41) is 12.4. The van der Waals surface area contributed by atoms with Crippen LogP contribution in [0.3, 0.4) is 0 Å². The van der Waals surface area contributed by atoms with E-state index in [0.717, 1.165) is 12.8 Å². The van der Waals surface area contributed by atoms with E-state index in [4.69, 9.17) is 10.5 Å². The summed E-state index contributed by atoms with van der Waals surface area (Å²) in [6.07, 6.45) is 3.75. The number of carboxylic acid groups (broad SMARTS) is 1. The highest BCUT2D eigenvalue weighted by Gasteiger charge is 2.47. The van der Waals surface area contributed by atoms with Gasteiger partial charge < -0.3 is 20.9 Å². The largest absolute Gasteiger partial charge is 0.480 e. The highest BCUT2D eigenvalue weighted by molar-refractivity contribution is 5.90. The monoisotopic (exact) mass is 298 g/mol. The summed E-state index contributed by atoms with van der Waals surface area (Å²) in [5.74, 6) is -0.631. The van der Waals surface area contributed by atoms with Gasteiger partial charge in [-0.2, -0.15) is 0 Å². The number of amides is 1. The molecule has 6 nitrogen and oxygen atoms in total. The lowest BCUT2D eigenvalue weighted by Gasteiger charge is -2.41. The number of aliphatic carboxylic acids is 1. The molecule has 1 saturated heterocycles. The van der Waals surface area contributed by atoms with E-state index in [-0.39, 0.29) is 12.5 Å². The second-order valence-electron chi connectivity index (χ2n) is 6.62. The van der Waals surface area contributed by atoms with Gasteiger partial charge in [0, 0.05) is 19.8 Å². The van der Waals surface area contributed by atoms with Gasteiger partial charge in [-0.25, -0.2) is 4.79 Å². The summed E-state index contributed by atoms with van der Waals surface area (Å²) in [7, 11) is 0. The van der Waals surface area contributed by atoms with E-state index < -0.39 is 16.9 Å². The number of ether oxygens (including phenoxy) is 1. The molecule has 1 aliphatic carbocycles. The Labute approximate surface area is 125 Å². The van der Waals surface area contributed by atoms with E-state index in [9.17, 15) is 14.7 Å². The zero-order valence-electron chi connectivity index (χ0n) is 12.7. The minimum atomic E-state index is -1.12. The molecule has 1 amide bonds. The molecule has 0 radical (unpaired) electrons. The number of nitrogens with two attached hydrogens (primary N) is 1. The van der Waals surface area contributed by atoms with Crippen molar-refractivity contribution in [1.29, 1.82) is 0 Å². The summed E-state index contributed by atoms with van der Waals surface area (Å²) < 4.78 is 5.30. The molecule has 2 fully saturated rings. The SMILES string of the molecule is CC1CCC(NC(=O)C2(CN)CCOCC2)(C(=O)O)CC1. The van der Waals surface area contributed by atoms with E-state index in [1.54, 1.807) is 0 Å². The van der Waals surface area contributed by atoms with E-state index in [1.807, 2.05) is 0 Å². The number of hydrogen-bond acceptors (Lipinski definition) is 4. The van der Waals surface area contributed by atoms with Crippen molar-refractivity contribution in [3.63, 3.8) is 0 Å². The minimum Gasteiger partial charge on any atom is -0.480 e. The first-order valence-corrected chi connectivity index (χ1v) is 7.78. The van der Waals surface area contributed by atoms with Crippen LogP contribution in [-0.4, -0.2) is 42.3 Å². The second kappa shape index (κ2) is 6.32. The number of carbonyl (C=O) groups excluding carboxylic acids is 1. The fourth-order valence-corrected chi connectivity index (χ4v) is 3.28. The Bertz CT molecular complexity index is 396. The van der Waals surface area contributed by atoms with Crippen LogP contribution in [-0.2, 0) is 14.3 Å². The Morgan fingerprint density at radius 2 is 1.81 bits per heavy atom. The van der Waals surface area contributed by atoms with Gasteiger partial charge in [-0.15, -0.1) is 0 Å². The first-order valence-electron chi connectivity index (χ1n) is 7.78. The normalized spacial score (nSPS) is 32.4.